The molecular weight excluding hydrogens is 444 g/mol. The maximum absolute atomic E-state index is 12.9. The molecule has 4 nitrogen and oxygen atoms in total. The first-order valence-corrected chi connectivity index (χ1v) is 12.8. The van der Waals surface area contributed by atoms with E-state index < -0.39 is 0 Å². The number of para-hydroxylation sites is 1. The third-order valence-corrected chi connectivity index (χ3v) is 6.85. The average Bonchev–Trinajstić information content (AvgIpc) is 2.92. The van der Waals surface area contributed by atoms with E-state index in [0.29, 0.717) is 18.0 Å². The molecule has 0 amide bonds. The molecule has 0 atom stereocenters. The van der Waals surface area contributed by atoms with E-state index in [2.05, 4.69) is 52.3 Å². The number of hydrogen-bond donors (Lipinski definition) is 0. The standard InChI is InChI=1S/C32H32N2O2/c35-32(22-26-17-19-34(20-18-26)24-27-7-3-1-4-8-27)31-16-13-28(23-33-31)21-25-11-14-30(15-12-25)36-29-9-5-2-6-10-29/h1-16,23,26H,17-22,24H2. The van der Waals surface area contributed by atoms with Crippen LogP contribution in [0.5, 0.6) is 11.5 Å². The molecule has 0 spiro atoms. The van der Waals surface area contributed by atoms with Crippen LogP contribution in [0, 0.1) is 5.92 Å². The lowest BCUT2D eigenvalue weighted by Crippen LogP contribution is -2.34. The molecule has 1 saturated heterocycles. The number of ketones is 1. The van der Waals surface area contributed by atoms with Gasteiger partial charge in [-0.1, -0.05) is 66.7 Å². The summed E-state index contributed by atoms with van der Waals surface area (Å²) < 4.78 is 5.87. The maximum atomic E-state index is 12.9. The van der Waals surface area contributed by atoms with Gasteiger partial charge in [0.05, 0.1) is 0 Å². The number of carbonyl (C=O) groups is 1. The number of rotatable bonds is 9. The Labute approximate surface area is 213 Å². The van der Waals surface area contributed by atoms with Crippen LogP contribution in [-0.2, 0) is 13.0 Å². The fraction of sp³-hybridized carbons (Fsp3) is 0.250. The van der Waals surface area contributed by atoms with Gasteiger partial charge in [-0.25, -0.2) is 0 Å². The topological polar surface area (TPSA) is 42.4 Å². The number of pyridine rings is 1. The van der Waals surface area contributed by atoms with E-state index >= 15 is 0 Å². The molecule has 2 heterocycles. The number of benzene rings is 3. The first kappa shape index (κ1) is 24.0. The summed E-state index contributed by atoms with van der Waals surface area (Å²) in [4.78, 5) is 19.8. The van der Waals surface area contributed by atoms with Gasteiger partial charge in [0, 0.05) is 19.2 Å². The van der Waals surface area contributed by atoms with Crippen LogP contribution < -0.4 is 4.74 Å². The van der Waals surface area contributed by atoms with Gasteiger partial charge in [0.1, 0.15) is 17.2 Å². The second-order valence-electron chi connectivity index (χ2n) is 9.62. The molecule has 1 aliphatic rings. The van der Waals surface area contributed by atoms with Crippen molar-refractivity contribution in [2.45, 2.75) is 32.2 Å². The van der Waals surface area contributed by atoms with Gasteiger partial charge in [-0.2, -0.15) is 0 Å². The third-order valence-electron chi connectivity index (χ3n) is 6.85. The zero-order valence-corrected chi connectivity index (χ0v) is 20.6. The number of nitrogens with zero attached hydrogens (tertiary/aromatic N) is 2. The smallest absolute Gasteiger partial charge is 0.181 e. The lowest BCUT2D eigenvalue weighted by atomic mass is 9.90. The van der Waals surface area contributed by atoms with Gasteiger partial charge < -0.3 is 4.74 Å². The monoisotopic (exact) mass is 476 g/mol. The Bertz CT molecular complexity index is 1230. The Morgan fingerprint density at radius 3 is 2.06 bits per heavy atom. The van der Waals surface area contributed by atoms with Gasteiger partial charge in [0.15, 0.2) is 5.78 Å². The summed E-state index contributed by atoms with van der Waals surface area (Å²) in [7, 11) is 0. The number of likely N-dealkylation sites (tertiary alicyclic amines) is 1. The van der Waals surface area contributed by atoms with Gasteiger partial charge in [-0.3, -0.25) is 14.7 Å². The molecule has 182 valence electrons. The molecule has 0 saturated carbocycles. The lowest BCUT2D eigenvalue weighted by Gasteiger charge is -2.31. The summed E-state index contributed by atoms with van der Waals surface area (Å²) >= 11 is 0. The second kappa shape index (κ2) is 11.8. The van der Waals surface area contributed by atoms with Crippen LogP contribution in [0.25, 0.3) is 0 Å². The van der Waals surface area contributed by atoms with Crippen molar-refractivity contribution in [3.8, 4) is 11.5 Å². The van der Waals surface area contributed by atoms with Crippen LogP contribution in [0.15, 0.2) is 103 Å². The summed E-state index contributed by atoms with van der Waals surface area (Å²) in [6, 6.07) is 32.4. The zero-order valence-electron chi connectivity index (χ0n) is 20.6. The molecule has 0 N–H and O–H groups in total. The number of hydrogen-bond acceptors (Lipinski definition) is 4. The highest BCUT2D eigenvalue weighted by Gasteiger charge is 2.22. The number of Topliss-reactive ketones (excluding diaryl/α,β-unsaturated/α-hetero) is 1. The van der Waals surface area contributed by atoms with Crippen LogP contribution in [-0.4, -0.2) is 28.8 Å². The molecule has 36 heavy (non-hydrogen) atoms. The Morgan fingerprint density at radius 1 is 0.750 bits per heavy atom. The molecule has 0 bridgehead atoms. The van der Waals surface area contributed by atoms with Crippen LogP contribution >= 0.6 is 0 Å². The van der Waals surface area contributed by atoms with E-state index in [1.807, 2.05) is 60.8 Å². The molecule has 1 aliphatic heterocycles. The zero-order chi connectivity index (χ0) is 24.6. The van der Waals surface area contributed by atoms with Crippen molar-refractivity contribution >= 4 is 5.78 Å². The van der Waals surface area contributed by atoms with E-state index in [0.717, 1.165) is 56.0 Å². The number of piperidine rings is 1. The summed E-state index contributed by atoms with van der Waals surface area (Å²) in [5.41, 5.74) is 4.21. The molecule has 1 fully saturated rings. The summed E-state index contributed by atoms with van der Waals surface area (Å²) in [6.07, 6.45) is 5.34. The quantitative estimate of drug-likeness (QED) is 0.245. The summed E-state index contributed by atoms with van der Waals surface area (Å²) in [6.45, 7) is 3.09. The van der Waals surface area contributed by atoms with Crippen molar-refractivity contribution in [1.29, 1.82) is 0 Å². The Balaban J connectivity index is 1.08. The minimum atomic E-state index is 0.158. The SMILES string of the molecule is O=C(CC1CCN(Cc2ccccc2)CC1)c1ccc(Cc2ccc(Oc3ccccc3)cc2)cn1. The molecule has 1 aromatic heterocycles. The van der Waals surface area contributed by atoms with Gasteiger partial charge in [-0.05, 0) is 85.3 Å². The van der Waals surface area contributed by atoms with Crippen LogP contribution in [0.3, 0.4) is 0 Å². The minimum absolute atomic E-state index is 0.158. The van der Waals surface area contributed by atoms with Crippen molar-refractivity contribution in [1.82, 2.24) is 9.88 Å². The van der Waals surface area contributed by atoms with Crippen LogP contribution in [0.2, 0.25) is 0 Å². The molecule has 3 aromatic carbocycles. The van der Waals surface area contributed by atoms with Crippen molar-refractivity contribution in [2.75, 3.05) is 13.1 Å². The Hall–Kier alpha value is -3.76. The highest BCUT2D eigenvalue weighted by molar-refractivity contribution is 5.94. The first-order valence-electron chi connectivity index (χ1n) is 12.8. The molecule has 4 heteroatoms. The lowest BCUT2D eigenvalue weighted by molar-refractivity contribution is 0.0920. The van der Waals surface area contributed by atoms with E-state index in [4.69, 9.17) is 4.74 Å². The largest absolute Gasteiger partial charge is 0.457 e. The van der Waals surface area contributed by atoms with Crippen molar-refractivity contribution in [3.05, 3.63) is 126 Å². The fourth-order valence-corrected chi connectivity index (χ4v) is 4.79. The first-order chi connectivity index (χ1) is 17.7. The summed E-state index contributed by atoms with van der Waals surface area (Å²) in [5.74, 6) is 2.25. The molecule has 4 aromatic rings. The molecular formula is C32H32N2O2. The minimum Gasteiger partial charge on any atom is -0.457 e. The normalized spacial score (nSPS) is 14.4. The number of carbonyl (C=O) groups excluding carboxylic acids is 1. The van der Waals surface area contributed by atoms with Crippen LogP contribution in [0.1, 0.15) is 46.4 Å². The van der Waals surface area contributed by atoms with Gasteiger partial charge in [0.2, 0.25) is 0 Å². The highest BCUT2D eigenvalue weighted by atomic mass is 16.5. The highest BCUT2D eigenvalue weighted by Crippen LogP contribution is 2.24. The fourth-order valence-electron chi connectivity index (χ4n) is 4.79. The number of ether oxygens (including phenoxy) is 1. The van der Waals surface area contributed by atoms with Crippen molar-refractivity contribution < 1.29 is 9.53 Å². The Morgan fingerprint density at radius 2 is 1.39 bits per heavy atom. The van der Waals surface area contributed by atoms with Gasteiger partial charge in [0.25, 0.3) is 0 Å². The van der Waals surface area contributed by atoms with Gasteiger partial charge >= 0.3 is 0 Å². The molecule has 5 rings (SSSR count). The van der Waals surface area contributed by atoms with E-state index in [-0.39, 0.29) is 5.78 Å². The number of aromatic nitrogens is 1. The predicted octanol–water partition coefficient (Wildman–Crippen LogP) is 6.95. The molecule has 0 radical (unpaired) electrons. The average molecular weight is 477 g/mol. The summed E-state index contributed by atoms with van der Waals surface area (Å²) in [5, 5.41) is 0. The predicted molar refractivity (Wildman–Crippen MR) is 143 cm³/mol. The van der Waals surface area contributed by atoms with E-state index in [1.165, 1.54) is 11.1 Å². The maximum Gasteiger partial charge on any atom is 0.181 e. The van der Waals surface area contributed by atoms with Gasteiger partial charge in [-0.15, -0.1) is 0 Å². The van der Waals surface area contributed by atoms with E-state index in [1.54, 1.807) is 0 Å². The molecule has 0 unspecified atom stereocenters. The third kappa shape index (κ3) is 6.67. The van der Waals surface area contributed by atoms with Crippen LogP contribution in [0.4, 0.5) is 0 Å². The second-order valence-corrected chi connectivity index (χ2v) is 9.62. The Kier molecular flexibility index (Phi) is 7.84. The van der Waals surface area contributed by atoms with Crippen molar-refractivity contribution in [2.24, 2.45) is 5.92 Å². The molecule has 0 aliphatic carbocycles. The van der Waals surface area contributed by atoms with Crippen molar-refractivity contribution in [3.63, 3.8) is 0 Å². The van der Waals surface area contributed by atoms with E-state index in [9.17, 15) is 4.79 Å².